The first-order valence-corrected chi connectivity index (χ1v) is 6.14. The van der Waals surface area contributed by atoms with Gasteiger partial charge in [0, 0.05) is 6.54 Å². The van der Waals surface area contributed by atoms with Gasteiger partial charge in [-0.2, -0.15) is 4.98 Å². The lowest BCUT2D eigenvalue weighted by molar-refractivity contribution is 0.0614. The van der Waals surface area contributed by atoms with Gasteiger partial charge >= 0.3 is 0 Å². The lowest BCUT2D eigenvalue weighted by Crippen LogP contribution is -2.34. The largest absolute Gasteiger partial charge is 0.394 e. The molecule has 2 rings (SSSR count). The SMILES string of the molecule is Cc1nc(Cl)nc(NCC2(O)CCCC2)c1N. The Labute approximate surface area is 105 Å². The lowest BCUT2D eigenvalue weighted by atomic mass is 10.0. The van der Waals surface area contributed by atoms with Crippen LogP contribution >= 0.6 is 11.6 Å². The highest BCUT2D eigenvalue weighted by molar-refractivity contribution is 6.28. The van der Waals surface area contributed by atoms with Gasteiger partial charge in [0.25, 0.3) is 0 Å². The van der Waals surface area contributed by atoms with Crippen LogP contribution in [0.25, 0.3) is 0 Å². The van der Waals surface area contributed by atoms with Gasteiger partial charge in [-0.1, -0.05) is 12.8 Å². The second kappa shape index (κ2) is 4.66. The number of hydrogen-bond donors (Lipinski definition) is 3. The summed E-state index contributed by atoms with van der Waals surface area (Å²) in [4.78, 5) is 7.99. The molecule has 1 fully saturated rings. The van der Waals surface area contributed by atoms with E-state index in [0.29, 0.717) is 23.7 Å². The van der Waals surface area contributed by atoms with Crippen molar-refractivity contribution < 1.29 is 5.11 Å². The number of aryl methyl sites for hydroxylation is 1. The number of hydrogen-bond acceptors (Lipinski definition) is 5. The minimum Gasteiger partial charge on any atom is -0.394 e. The van der Waals surface area contributed by atoms with Gasteiger partial charge in [-0.15, -0.1) is 0 Å². The van der Waals surface area contributed by atoms with E-state index in [2.05, 4.69) is 15.3 Å². The number of halogens is 1. The normalized spacial score (nSPS) is 18.3. The summed E-state index contributed by atoms with van der Waals surface area (Å²) in [5.74, 6) is 0.503. The van der Waals surface area contributed by atoms with Crippen molar-refractivity contribution in [2.24, 2.45) is 0 Å². The van der Waals surface area contributed by atoms with Crippen molar-refractivity contribution in [1.82, 2.24) is 9.97 Å². The molecule has 0 saturated heterocycles. The zero-order valence-corrected chi connectivity index (χ0v) is 10.6. The fourth-order valence-electron chi connectivity index (χ4n) is 2.14. The second-order valence-corrected chi connectivity index (χ2v) is 4.96. The molecule has 1 aliphatic rings. The molecule has 0 radical (unpaired) electrons. The Morgan fingerprint density at radius 2 is 2.06 bits per heavy atom. The van der Waals surface area contributed by atoms with E-state index in [9.17, 15) is 5.11 Å². The number of aromatic nitrogens is 2. The van der Waals surface area contributed by atoms with Crippen LogP contribution in [0.15, 0.2) is 0 Å². The highest BCUT2D eigenvalue weighted by Gasteiger charge is 2.31. The first-order valence-electron chi connectivity index (χ1n) is 5.76. The molecule has 1 aromatic heterocycles. The van der Waals surface area contributed by atoms with Gasteiger partial charge in [-0.05, 0) is 31.4 Å². The first-order chi connectivity index (χ1) is 8.00. The maximum absolute atomic E-state index is 10.2. The monoisotopic (exact) mass is 256 g/mol. The molecule has 0 atom stereocenters. The highest BCUT2D eigenvalue weighted by Crippen LogP contribution is 2.30. The Hall–Kier alpha value is -1.07. The van der Waals surface area contributed by atoms with E-state index in [0.717, 1.165) is 25.7 Å². The molecular weight excluding hydrogens is 240 g/mol. The van der Waals surface area contributed by atoms with Crippen LogP contribution in [-0.4, -0.2) is 27.2 Å². The third-order valence-corrected chi connectivity index (χ3v) is 3.40. The van der Waals surface area contributed by atoms with Crippen molar-refractivity contribution >= 4 is 23.1 Å². The number of nitrogens with two attached hydrogens (primary N) is 1. The number of aliphatic hydroxyl groups is 1. The van der Waals surface area contributed by atoms with E-state index in [1.54, 1.807) is 6.92 Å². The summed E-state index contributed by atoms with van der Waals surface area (Å²) in [6, 6.07) is 0. The molecule has 0 spiro atoms. The topological polar surface area (TPSA) is 84.1 Å². The van der Waals surface area contributed by atoms with Crippen molar-refractivity contribution in [2.75, 3.05) is 17.6 Å². The van der Waals surface area contributed by atoms with Crippen LogP contribution in [0.2, 0.25) is 5.28 Å². The highest BCUT2D eigenvalue weighted by atomic mass is 35.5. The molecule has 1 heterocycles. The van der Waals surface area contributed by atoms with Crippen LogP contribution in [0.3, 0.4) is 0 Å². The fraction of sp³-hybridized carbons (Fsp3) is 0.636. The first kappa shape index (κ1) is 12.4. The Balaban J connectivity index is 2.08. The van der Waals surface area contributed by atoms with Gasteiger partial charge in [-0.25, -0.2) is 4.98 Å². The van der Waals surface area contributed by atoms with E-state index in [-0.39, 0.29) is 5.28 Å². The summed E-state index contributed by atoms with van der Waals surface area (Å²) < 4.78 is 0. The molecule has 1 saturated carbocycles. The summed E-state index contributed by atoms with van der Waals surface area (Å²) in [7, 11) is 0. The third-order valence-electron chi connectivity index (χ3n) is 3.23. The van der Waals surface area contributed by atoms with Crippen molar-refractivity contribution in [1.29, 1.82) is 0 Å². The Morgan fingerprint density at radius 3 is 2.71 bits per heavy atom. The van der Waals surface area contributed by atoms with Crippen LogP contribution in [0.4, 0.5) is 11.5 Å². The number of nitrogen functional groups attached to an aromatic ring is 1. The quantitative estimate of drug-likeness (QED) is 0.718. The smallest absolute Gasteiger partial charge is 0.224 e. The lowest BCUT2D eigenvalue weighted by Gasteiger charge is -2.23. The zero-order valence-electron chi connectivity index (χ0n) is 9.83. The molecule has 1 aliphatic carbocycles. The van der Waals surface area contributed by atoms with Crippen molar-refractivity contribution in [3.05, 3.63) is 11.0 Å². The second-order valence-electron chi connectivity index (χ2n) is 4.63. The Bertz CT molecular complexity index is 418. The number of nitrogens with zero attached hydrogens (tertiary/aromatic N) is 2. The van der Waals surface area contributed by atoms with Gasteiger partial charge in [0.1, 0.15) is 0 Å². The maximum Gasteiger partial charge on any atom is 0.224 e. The van der Waals surface area contributed by atoms with Crippen LogP contribution in [-0.2, 0) is 0 Å². The molecule has 1 aromatic rings. The molecular formula is C11H17ClN4O. The standard InChI is InChI=1S/C11H17ClN4O/c1-7-8(13)9(16-10(12)15-7)14-6-11(17)4-2-3-5-11/h17H,2-6,13H2,1H3,(H,14,15,16). The summed E-state index contributed by atoms with van der Waals surface area (Å²) >= 11 is 5.77. The minimum atomic E-state index is -0.641. The molecule has 6 heteroatoms. The van der Waals surface area contributed by atoms with Crippen LogP contribution in [0.1, 0.15) is 31.4 Å². The van der Waals surface area contributed by atoms with Crippen LogP contribution < -0.4 is 11.1 Å². The summed E-state index contributed by atoms with van der Waals surface area (Å²) in [6.45, 7) is 2.22. The Morgan fingerprint density at radius 1 is 1.41 bits per heavy atom. The van der Waals surface area contributed by atoms with E-state index in [1.807, 2.05) is 0 Å². The predicted molar refractivity (Wildman–Crippen MR) is 68.1 cm³/mol. The van der Waals surface area contributed by atoms with Crippen LogP contribution in [0, 0.1) is 6.92 Å². The third kappa shape index (κ3) is 2.79. The van der Waals surface area contributed by atoms with E-state index >= 15 is 0 Å². The van der Waals surface area contributed by atoms with Gasteiger partial charge in [0.2, 0.25) is 5.28 Å². The molecule has 4 N–H and O–H groups in total. The van der Waals surface area contributed by atoms with E-state index in [1.165, 1.54) is 0 Å². The summed E-state index contributed by atoms with van der Waals surface area (Å²) in [5.41, 5.74) is 6.34. The number of rotatable bonds is 3. The van der Waals surface area contributed by atoms with Crippen molar-refractivity contribution in [3.8, 4) is 0 Å². The molecule has 17 heavy (non-hydrogen) atoms. The average molecular weight is 257 g/mol. The van der Waals surface area contributed by atoms with Crippen molar-refractivity contribution in [3.63, 3.8) is 0 Å². The molecule has 94 valence electrons. The van der Waals surface area contributed by atoms with Crippen LogP contribution in [0.5, 0.6) is 0 Å². The Kier molecular flexibility index (Phi) is 3.40. The fourth-order valence-corrected chi connectivity index (χ4v) is 2.35. The zero-order chi connectivity index (χ0) is 12.5. The van der Waals surface area contributed by atoms with Gasteiger partial charge in [-0.3, -0.25) is 0 Å². The van der Waals surface area contributed by atoms with Gasteiger partial charge in [0.15, 0.2) is 5.82 Å². The summed E-state index contributed by atoms with van der Waals surface area (Å²) in [6.07, 6.45) is 3.77. The van der Waals surface area contributed by atoms with Crippen molar-refractivity contribution in [2.45, 2.75) is 38.2 Å². The average Bonchev–Trinajstić information content (AvgIpc) is 2.69. The molecule has 0 amide bonds. The maximum atomic E-state index is 10.2. The number of nitrogens with one attached hydrogen (secondary N) is 1. The minimum absolute atomic E-state index is 0.164. The summed E-state index contributed by atoms with van der Waals surface area (Å²) in [5, 5.41) is 13.4. The molecule has 0 aromatic carbocycles. The number of anilines is 2. The molecule has 5 nitrogen and oxygen atoms in total. The van der Waals surface area contributed by atoms with Gasteiger partial charge < -0.3 is 16.2 Å². The van der Waals surface area contributed by atoms with E-state index < -0.39 is 5.60 Å². The molecule has 0 aliphatic heterocycles. The van der Waals surface area contributed by atoms with Gasteiger partial charge in [0.05, 0.1) is 17.0 Å². The molecule has 0 bridgehead atoms. The molecule has 0 unspecified atom stereocenters. The predicted octanol–water partition coefficient (Wildman–Crippen LogP) is 1.74. The van der Waals surface area contributed by atoms with E-state index in [4.69, 9.17) is 17.3 Å².